The second-order valence-electron chi connectivity index (χ2n) is 2.97. The number of carboxylic acids is 1. The minimum atomic E-state index is -0.782. The zero-order chi connectivity index (χ0) is 10.1. The van der Waals surface area contributed by atoms with Crippen molar-refractivity contribution in [3.8, 4) is 0 Å². The fourth-order valence-corrected chi connectivity index (χ4v) is 2.72. The van der Waals surface area contributed by atoms with Gasteiger partial charge in [0.15, 0.2) is 0 Å². The largest absolute Gasteiger partial charge is 0.481 e. The molecule has 0 saturated carbocycles. The van der Waals surface area contributed by atoms with Gasteiger partial charge in [-0.15, -0.1) is 11.3 Å². The number of hydrogen-bond acceptors (Lipinski definition) is 2. The quantitative estimate of drug-likeness (QED) is 0.910. The van der Waals surface area contributed by atoms with Crippen molar-refractivity contribution in [2.75, 3.05) is 0 Å². The van der Waals surface area contributed by atoms with Crippen LogP contribution in [0.25, 0.3) is 10.1 Å². The van der Waals surface area contributed by atoms with E-state index in [1.54, 1.807) is 0 Å². The Hall–Kier alpha value is -0.870. The molecule has 0 aliphatic rings. The normalized spacial score (nSPS) is 10.6. The first-order chi connectivity index (χ1) is 6.65. The van der Waals surface area contributed by atoms with Crippen LogP contribution >= 0.6 is 27.3 Å². The first-order valence-electron chi connectivity index (χ1n) is 4.05. The highest BCUT2D eigenvalue weighted by atomic mass is 79.9. The van der Waals surface area contributed by atoms with Crippen LogP contribution in [-0.4, -0.2) is 11.1 Å². The molecule has 0 atom stereocenters. The van der Waals surface area contributed by atoms with Gasteiger partial charge >= 0.3 is 5.97 Å². The lowest BCUT2D eigenvalue weighted by molar-refractivity contribution is -0.136. The molecular weight excluding hydrogens is 264 g/mol. The van der Waals surface area contributed by atoms with Crippen LogP contribution in [0.1, 0.15) is 4.88 Å². The molecule has 14 heavy (non-hydrogen) atoms. The molecule has 0 amide bonds. The first kappa shape index (κ1) is 9.68. The van der Waals surface area contributed by atoms with Crippen LogP contribution in [0.5, 0.6) is 0 Å². The minimum Gasteiger partial charge on any atom is -0.481 e. The van der Waals surface area contributed by atoms with Gasteiger partial charge in [0.05, 0.1) is 6.42 Å². The van der Waals surface area contributed by atoms with Crippen molar-refractivity contribution >= 4 is 43.3 Å². The van der Waals surface area contributed by atoms with E-state index in [1.807, 2.05) is 24.3 Å². The van der Waals surface area contributed by atoms with Crippen molar-refractivity contribution in [1.82, 2.24) is 0 Å². The molecule has 0 aliphatic heterocycles. The molecule has 0 spiro atoms. The first-order valence-corrected chi connectivity index (χ1v) is 5.66. The minimum absolute atomic E-state index is 0.108. The summed E-state index contributed by atoms with van der Waals surface area (Å²) in [6.07, 6.45) is 0.108. The standard InChI is InChI=1S/C10H7BrO2S/c11-7-1-2-9-6(3-7)4-8(14-9)5-10(12)13/h1-4H,5H2,(H,12,13). The van der Waals surface area contributed by atoms with E-state index < -0.39 is 5.97 Å². The van der Waals surface area contributed by atoms with Gasteiger partial charge in [0.1, 0.15) is 0 Å². The fourth-order valence-electron chi connectivity index (χ4n) is 1.31. The van der Waals surface area contributed by atoms with Crippen molar-refractivity contribution in [3.63, 3.8) is 0 Å². The van der Waals surface area contributed by atoms with Gasteiger partial charge in [0.2, 0.25) is 0 Å². The van der Waals surface area contributed by atoms with Crippen LogP contribution in [0.4, 0.5) is 0 Å². The van der Waals surface area contributed by atoms with E-state index >= 15 is 0 Å². The average molecular weight is 271 g/mol. The summed E-state index contributed by atoms with van der Waals surface area (Å²) in [6, 6.07) is 7.88. The van der Waals surface area contributed by atoms with Gasteiger partial charge in [-0.2, -0.15) is 0 Å². The number of hydrogen-bond donors (Lipinski definition) is 1. The lowest BCUT2D eigenvalue weighted by atomic mass is 10.2. The van der Waals surface area contributed by atoms with Crippen molar-refractivity contribution < 1.29 is 9.90 Å². The summed E-state index contributed by atoms with van der Waals surface area (Å²) >= 11 is 4.91. The molecule has 1 N–H and O–H groups in total. The topological polar surface area (TPSA) is 37.3 Å². The number of benzene rings is 1. The highest BCUT2D eigenvalue weighted by Gasteiger charge is 2.05. The number of aliphatic carboxylic acids is 1. The van der Waals surface area contributed by atoms with Crippen molar-refractivity contribution in [3.05, 3.63) is 33.6 Å². The molecular formula is C10H7BrO2S. The van der Waals surface area contributed by atoms with Gasteiger partial charge in [-0.25, -0.2) is 0 Å². The van der Waals surface area contributed by atoms with E-state index in [9.17, 15) is 4.79 Å². The molecule has 2 rings (SSSR count). The Morgan fingerprint density at radius 2 is 2.21 bits per heavy atom. The van der Waals surface area contributed by atoms with Crippen molar-refractivity contribution in [2.24, 2.45) is 0 Å². The molecule has 0 radical (unpaired) electrons. The van der Waals surface area contributed by atoms with Gasteiger partial charge < -0.3 is 5.11 Å². The molecule has 1 aromatic carbocycles. The summed E-state index contributed by atoms with van der Waals surface area (Å²) in [5.74, 6) is -0.782. The number of thiophene rings is 1. The van der Waals surface area contributed by atoms with E-state index in [1.165, 1.54) is 11.3 Å². The molecule has 0 fully saturated rings. The van der Waals surface area contributed by atoms with Crippen LogP contribution in [0, 0.1) is 0 Å². The van der Waals surface area contributed by atoms with Crippen LogP contribution in [-0.2, 0) is 11.2 Å². The number of fused-ring (bicyclic) bond motifs is 1. The molecule has 1 aromatic heterocycles. The Bertz CT molecular complexity index is 490. The lowest BCUT2D eigenvalue weighted by Crippen LogP contribution is -1.96. The Kier molecular flexibility index (Phi) is 2.56. The van der Waals surface area contributed by atoms with Crippen LogP contribution in [0.15, 0.2) is 28.7 Å². The van der Waals surface area contributed by atoms with E-state index in [4.69, 9.17) is 5.11 Å². The third-order valence-electron chi connectivity index (χ3n) is 1.85. The summed E-state index contributed by atoms with van der Waals surface area (Å²) < 4.78 is 2.15. The number of carbonyl (C=O) groups is 1. The molecule has 72 valence electrons. The van der Waals surface area contributed by atoms with E-state index in [0.29, 0.717) is 0 Å². The zero-order valence-electron chi connectivity index (χ0n) is 7.16. The van der Waals surface area contributed by atoms with E-state index in [0.717, 1.165) is 19.4 Å². The molecule has 2 aromatic rings. The maximum Gasteiger partial charge on any atom is 0.308 e. The molecule has 0 unspecified atom stereocenters. The number of rotatable bonds is 2. The lowest BCUT2D eigenvalue weighted by Gasteiger charge is -1.88. The summed E-state index contributed by atoms with van der Waals surface area (Å²) in [7, 11) is 0. The molecule has 0 aliphatic carbocycles. The summed E-state index contributed by atoms with van der Waals surface area (Å²) in [5.41, 5.74) is 0. The summed E-state index contributed by atoms with van der Waals surface area (Å²) in [4.78, 5) is 11.4. The highest BCUT2D eigenvalue weighted by Crippen LogP contribution is 2.28. The summed E-state index contributed by atoms with van der Waals surface area (Å²) in [6.45, 7) is 0. The Balaban J connectivity index is 2.46. The third kappa shape index (κ3) is 1.96. The Morgan fingerprint density at radius 3 is 2.93 bits per heavy atom. The van der Waals surface area contributed by atoms with Gasteiger partial charge in [-0.05, 0) is 29.7 Å². The predicted molar refractivity (Wildman–Crippen MR) is 60.9 cm³/mol. The predicted octanol–water partition coefficient (Wildman–Crippen LogP) is 3.29. The fraction of sp³-hybridized carbons (Fsp3) is 0.100. The molecule has 2 nitrogen and oxygen atoms in total. The number of halogens is 1. The van der Waals surface area contributed by atoms with Gasteiger partial charge in [0, 0.05) is 14.0 Å². The SMILES string of the molecule is O=C(O)Cc1cc2cc(Br)ccc2s1. The van der Waals surface area contributed by atoms with Crippen molar-refractivity contribution in [2.45, 2.75) is 6.42 Å². The average Bonchev–Trinajstić information content (AvgIpc) is 2.44. The van der Waals surface area contributed by atoms with Gasteiger partial charge in [-0.3, -0.25) is 4.79 Å². The molecule has 1 heterocycles. The maximum absolute atomic E-state index is 10.5. The monoisotopic (exact) mass is 270 g/mol. The zero-order valence-corrected chi connectivity index (χ0v) is 9.56. The molecule has 0 saturated heterocycles. The van der Waals surface area contributed by atoms with E-state index in [-0.39, 0.29) is 6.42 Å². The Labute approximate surface area is 93.3 Å². The van der Waals surface area contributed by atoms with E-state index in [2.05, 4.69) is 15.9 Å². The Morgan fingerprint density at radius 1 is 1.43 bits per heavy atom. The number of carboxylic acid groups (broad SMARTS) is 1. The molecule has 0 bridgehead atoms. The molecule has 4 heteroatoms. The van der Waals surface area contributed by atoms with Crippen LogP contribution < -0.4 is 0 Å². The third-order valence-corrected chi connectivity index (χ3v) is 3.46. The summed E-state index contributed by atoms with van der Waals surface area (Å²) in [5, 5.41) is 9.74. The maximum atomic E-state index is 10.5. The van der Waals surface area contributed by atoms with Gasteiger partial charge in [0.25, 0.3) is 0 Å². The smallest absolute Gasteiger partial charge is 0.308 e. The second kappa shape index (κ2) is 3.71. The van der Waals surface area contributed by atoms with Crippen LogP contribution in [0.3, 0.4) is 0 Å². The van der Waals surface area contributed by atoms with Crippen molar-refractivity contribution in [1.29, 1.82) is 0 Å². The van der Waals surface area contributed by atoms with Crippen LogP contribution in [0.2, 0.25) is 0 Å². The highest BCUT2D eigenvalue weighted by molar-refractivity contribution is 9.10. The second-order valence-corrected chi connectivity index (χ2v) is 5.05. The van der Waals surface area contributed by atoms with Gasteiger partial charge in [-0.1, -0.05) is 15.9 Å².